The molecule has 2 aromatic rings. The summed E-state index contributed by atoms with van der Waals surface area (Å²) < 4.78 is 0. The number of halogens is 1. The SMILES string of the molecule is Nc1nc(SCc2ccc(Cl)nc2)n[nH]1. The maximum atomic E-state index is 5.67. The van der Waals surface area contributed by atoms with E-state index in [4.69, 9.17) is 17.3 Å². The number of thioether (sulfide) groups is 1. The summed E-state index contributed by atoms with van der Waals surface area (Å²) in [5, 5.41) is 7.60. The first kappa shape index (κ1) is 10.3. The number of hydrogen-bond acceptors (Lipinski definition) is 5. The topological polar surface area (TPSA) is 80.5 Å². The minimum absolute atomic E-state index is 0.326. The number of anilines is 1. The molecule has 0 radical (unpaired) electrons. The van der Waals surface area contributed by atoms with Gasteiger partial charge in [-0.15, -0.1) is 5.10 Å². The van der Waals surface area contributed by atoms with Crippen LogP contribution in [0.15, 0.2) is 23.5 Å². The van der Waals surface area contributed by atoms with E-state index in [0.717, 1.165) is 11.3 Å². The fourth-order valence-corrected chi connectivity index (χ4v) is 1.81. The van der Waals surface area contributed by atoms with Crippen LogP contribution in [-0.2, 0) is 5.75 Å². The predicted molar refractivity (Wildman–Crippen MR) is 59.6 cm³/mol. The van der Waals surface area contributed by atoms with E-state index < -0.39 is 0 Å². The van der Waals surface area contributed by atoms with Gasteiger partial charge in [-0.3, -0.25) is 0 Å². The average molecular weight is 242 g/mol. The summed E-state index contributed by atoms with van der Waals surface area (Å²) in [6.45, 7) is 0. The molecule has 0 unspecified atom stereocenters. The third kappa shape index (κ3) is 2.84. The van der Waals surface area contributed by atoms with Gasteiger partial charge in [0.2, 0.25) is 11.1 Å². The Morgan fingerprint density at radius 1 is 1.47 bits per heavy atom. The third-order valence-electron chi connectivity index (χ3n) is 1.64. The van der Waals surface area contributed by atoms with E-state index in [2.05, 4.69) is 20.2 Å². The summed E-state index contributed by atoms with van der Waals surface area (Å²) in [6.07, 6.45) is 1.73. The molecule has 0 saturated carbocycles. The normalized spacial score (nSPS) is 10.5. The van der Waals surface area contributed by atoms with Crippen LogP contribution in [0, 0.1) is 0 Å². The molecule has 5 nitrogen and oxygen atoms in total. The van der Waals surface area contributed by atoms with Crippen LogP contribution in [0.3, 0.4) is 0 Å². The number of pyridine rings is 1. The number of aromatic nitrogens is 4. The number of nitrogen functional groups attached to an aromatic ring is 1. The fourth-order valence-electron chi connectivity index (χ4n) is 0.962. The van der Waals surface area contributed by atoms with Crippen LogP contribution in [0.2, 0.25) is 5.15 Å². The molecular formula is C8H8ClN5S. The van der Waals surface area contributed by atoms with Crippen molar-refractivity contribution in [2.45, 2.75) is 10.9 Å². The molecule has 0 aliphatic carbocycles. The molecule has 0 amide bonds. The monoisotopic (exact) mass is 241 g/mol. The molecule has 0 bridgehead atoms. The van der Waals surface area contributed by atoms with Gasteiger partial charge in [-0.1, -0.05) is 29.4 Å². The van der Waals surface area contributed by atoms with Gasteiger partial charge in [0, 0.05) is 11.9 Å². The number of aromatic amines is 1. The first-order valence-corrected chi connectivity index (χ1v) is 5.51. The molecule has 15 heavy (non-hydrogen) atoms. The van der Waals surface area contributed by atoms with Gasteiger partial charge in [0.05, 0.1) is 0 Å². The molecule has 0 atom stereocenters. The summed E-state index contributed by atoms with van der Waals surface area (Å²) >= 11 is 7.15. The van der Waals surface area contributed by atoms with Crippen LogP contribution in [-0.4, -0.2) is 20.2 Å². The first-order valence-electron chi connectivity index (χ1n) is 4.15. The highest BCUT2D eigenvalue weighted by molar-refractivity contribution is 7.98. The van der Waals surface area contributed by atoms with Crippen molar-refractivity contribution in [3.05, 3.63) is 29.0 Å². The molecule has 0 aromatic carbocycles. The highest BCUT2D eigenvalue weighted by Gasteiger charge is 2.01. The number of hydrogen-bond donors (Lipinski definition) is 2. The molecule has 3 N–H and O–H groups in total. The fraction of sp³-hybridized carbons (Fsp3) is 0.125. The second-order valence-corrected chi connectivity index (χ2v) is 4.11. The van der Waals surface area contributed by atoms with E-state index in [0.29, 0.717) is 16.3 Å². The summed E-state index contributed by atoms with van der Waals surface area (Å²) in [5.74, 6) is 1.06. The maximum absolute atomic E-state index is 5.67. The van der Waals surface area contributed by atoms with Crippen molar-refractivity contribution in [3.8, 4) is 0 Å². The van der Waals surface area contributed by atoms with Crippen LogP contribution in [0.25, 0.3) is 0 Å². The number of nitrogens with zero attached hydrogens (tertiary/aromatic N) is 3. The van der Waals surface area contributed by atoms with Crippen LogP contribution < -0.4 is 5.73 Å². The Labute approximate surface area is 95.5 Å². The Kier molecular flexibility index (Phi) is 3.08. The average Bonchev–Trinajstić information content (AvgIpc) is 2.64. The molecule has 0 aliphatic rings. The van der Waals surface area contributed by atoms with Crippen LogP contribution in [0.5, 0.6) is 0 Å². The van der Waals surface area contributed by atoms with Crippen molar-refractivity contribution >= 4 is 29.3 Å². The van der Waals surface area contributed by atoms with Crippen molar-refractivity contribution in [2.75, 3.05) is 5.73 Å². The first-order chi connectivity index (χ1) is 7.24. The minimum Gasteiger partial charge on any atom is -0.368 e. The Morgan fingerprint density at radius 3 is 2.93 bits per heavy atom. The van der Waals surface area contributed by atoms with Crippen molar-refractivity contribution < 1.29 is 0 Å². The van der Waals surface area contributed by atoms with Gasteiger partial charge in [-0.25, -0.2) is 10.1 Å². The molecule has 0 saturated heterocycles. The highest BCUT2D eigenvalue weighted by Crippen LogP contribution is 2.19. The van der Waals surface area contributed by atoms with Gasteiger partial charge < -0.3 is 5.73 Å². The second-order valence-electron chi connectivity index (χ2n) is 2.78. The lowest BCUT2D eigenvalue weighted by molar-refractivity contribution is 0.973. The van der Waals surface area contributed by atoms with Gasteiger partial charge in [0.25, 0.3) is 0 Å². The van der Waals surface area contributed by atoms with Gasteiger partial charge in [0.1, 0.15) is 5.15 Å². The standard InChI is InChI=1S/C8H8ClN5S/c9-6-2-1-5(3-11-6)4-15-8-12-7(10)13-14-8/h1-3H,4H2,(H3,10,12,13,14). The van der Waals surface area contributed by atoms with E-state index in [1.807, 2.05) is 6.07 Å². The lowest BCUT2D eigenvalue weighted by atomic mass is 10.3. The maximum Gasteiger partial charge on any atom is 0.216 e. The van der Waals surface area contributed by atoms with Crippen molar-refractivity contribution in [1.82, 2.24) is 20.2 Å². The zero-order chi connectivity index (χ0) is 10.7. The summed E-state index contributed by atoms with van der Waals surface area (Å²) in [4.78, 5) is 7.95. The Balaban J connectivity index is 1.96. The van der Waals surface area contributed by atoms with E-state index in [-0.39, 0.29) is 0 Å². The molecule has 0 spiro atoms. The van der Waals surface area contributed by atoms with E-state index in [9.17, 15) is 0 Å². The number of H-pyrrole nitrogens is 1. The zero-order valence-electron chi connectivity index (χ0n) is 7.64. The largest absolute Gasteiger partial charge is 0.368 e. The number of rotatable bonds is 3. The van der Waals surface area contributed by atoms with Crippen molar-refractivity contribution in [2.24, 2.45) is 0 Å². The van der Waals surface area contributed by atoms with Gasteiger partial charge in [0.15, 0.2) is 0 Å². The van der Waals surface area contributed by atoms with Gasteiger partial charge in [-0.2, -0.15) is 4.98 Å². The summed E-state index contributed by atoms with van der Waals surface area (Å²) in [7, 11) is 0. The number of nitrogens with two attached hydrogens (primary N) is 1. The van der Waals surface area contributed by atoms with E-state index in [1.54, 1.807) is 12.3 Å². The third-order valence-corrected chi connectivity index (χ3v) is 2.78. The Morgan fingerprint density at radius 2 is 2.33 bits per heavy atom. The van der Waals surface area contributed by atoms with Gasteiger partial charge >= 0.3 is 0 Å². The molecule has 0 fully saturated rings. The molecule has 78 valence electrons. The lowest BCUT2D eigenvalue weighted by Gasteiger charge is -1.97. The molecular weight excluding hydrogens is 234 g/mol. The van der Waals surface area contributed by atoms with Crippen LogP contribution in [0.4, 0.5) is 5.95 Å². The second kappa shape index (κ2) is 4.50. The summed E-state index contributed by atoms with van der Waals surface area (Å²) in [6, 6.07) is 3.67. The summed E-state index contributed by atoms with van der Waals surface area (Å²) in [5.41, 5.74) is 6.46. The quantitative estimate of drug-likeness (QED) is 0.632. The van der Waals surface area contributed by atoms with Gasteiger partial charge in [-0.05, 0) is 11.6 Å². The molecule has 2 aromatic heterocycles. The van der Waals surface area contributed by atoms with Crippen molar-refractivity contribution in [3.63, 3.8) is 0 Å². The molecule has 7 heteroatoms. The minimum atomic E-state index is 0.326. The van der Waals surface area contributed by atoms with E-state index in [1.165, 1.54) is 11.8 Å². The lowest BCUT2D eigenvalue weighted by Crippen LogP contribution is -1.85. The van der Waals surface area contributed by atoms with Crippen LogP contribution in [0.1, 0.15) is 5.56 Å². The Hall–Kier alpha value is -1.27. The molecule has 2 rings (SSSR count). The smallest absolute Gasteiger partial charge is 0.216 e. The highest BCUT2D eigenvalue weighted by atomic mass is 35.5. The zero-order valence-corrected chi connectivity index (χ0v) is 9.22. The van der Waals surface area contributed by atoms with E-state index >= 15 is 0 Å². The molecule has 2 heterocycles. The Bertz CT molecular complexity index is 441. The number of nitrogens with one attached hydrogen (secondary N) is 1. The van der Waals surface area contributed by atoms with Crippen molar-refractivity contribution in [1.29, 1.82) is 0 Å². The predicted octanol–water partition coefficient (Wildman–Crippen LogP) is 1.73. The van der Waals surface area contributed by atoms with Crippen LogP contribution >= 0.6 is 23.4 Å². The molecule has 0 aliphatic heterocycles.